The smallest absolute Gasteiger partial charge is 0.276 e. The minimum Gasteiger partial charge on any atom is -0.595 e. The number of quaternary nitrogens is 1. The lowest BCUT2D eigenvalue weighted by Gasteiger charge is -2.14. The van der Waals surface area contributed by atoms with E-state index in [0.717, 1.165) is 0 Å². The van der Waals surface area contributed by atoms with Crippen LogP contribution in [0.3, 0.4) is 0 Å². The molecule has 3 rings (SSSR count). The molecule has 0 aliphatic rings. The molecule has 0 saturated heterocycles. The first-order valence-corrected chi connectivity index (χ1v) is 8.26. The van der Waals surface area contributed by atoms with Crippen LogP contribution in [0.1, 0.15) is 17.4 Å². The van der Waals surface area contributed by atoms with Gasteiger partial charge in [-0.1, -0.05) is 29.3 Å². The van der Waals surface area contributed by atoms with E-state index in [0.29, 0.717) is 16.1 Å². The molecule has 2 unspecified atom stereocenters. The molecule has 0 bridgehead atoms. The predicted molar refractivity (Wildman–Crippen MR) is 100 cm³/mol. The Hall–Kier alpha value is -2.53. The number of benzene rings is 2. The summed E-state index contributed by atoms with van der Waals surface area (Å²) < 4.78 is 0. The van der Waals surface area contributed by atoms with E-state index in [1.165, 1.54) is 36.4 Å². The van der Waals surface area contributed by atoms with Gasteiger partial charge < -0.3 is 21.1 Å². The van der Waals surface area contributed by atoms with Crippen molar-refractivity contribution < 1.29 is 15.5 Å². The van der Waals surface area contributed by atoms with Crippen molar-refractivity contribution in [2.24, 2.45) is 10.9 Å². The minimum absolute atomic E-state index is 0.00347. The molecular formula is C16H13Cl2N5O4. The molecule has 0 saturated carbocycles. The van der Waals surface area contributed by atoms with Gasteiger partial charge >= 0.3 is 0 Å². The molecule has 1 aromatic heterocycles. The number of nitrogens with zero attached hydrogens (tertiary/aromatic N) is 2. The molecule has 0 spiro atoms. The van der Waals surface area contributed by atoms with Crippen molar-refractivity contribution in [1.82, 2.24) is 9.97 Å². The van der Waals surface area contributed by atoms with Gasteiger partial charge in [-0.25, -0.2) is 10.2 Å². The molecule has 9 nitrogen and oxygen atoms in total. The van der Waals surface area contributed by atoms with Gasteiger partial charge in [0.15, 0.2) is 11.4 Å². The predicted octanol–water partition coefficient (Wildman–Crippen LogP) is 1.03. The fraction of sp³-hybridized carbons (Fsp3) is 0.0625. The molecule has 27 heavy (non-hydrogen) atoms. The molecular weight excluding hydrogens is 397 g/mol. The molecule has 6 N–H and O–H groups in total. The van der Waals surface area contributed by atoms with E-state index in [1.807, 2.05) is 0 Å². The molecule has 1 heterocycles. The van der Waals surface area contributed by atoms with E-state index in [9.17, 15) is 15.1 Å². The highest BCUT2D eigenvalue weighted by Gasteiger charge is 2.23. The standard InChI is InChI=1S/C16H13Cl2N5O4/c17-9-3-1-7(5-10(9)18)15(24)13(22-19)14-16(25)21-12-6-8(23(26)27)2-4-11(12)20-14/h1-6,15,23-24,26H,19H2,(H,21,25)/b22-13-. The molecule has 0 amide bonds. The number of aromatic amines is 1. The van der Waals surface area contributed by atoms with E-state index in [1.54, 1.807) is 0 Å². The molecule has 2 atom stereocenters. The molecule has 2 aromatic carbocycles. The second-order valence-electron chi connectivity index (χ2n) is 5.54. The van der Waals surface area contributed by atoms with Gasteiger partial charge in [0.2, 0.25) is 0 Å². The third-order valence-electron chi connectivity index (χ3n) is 3.84. The number of nitrogens with one attached hydrogen (secondary N) is 2. The van der Waals surface area contributed by atoms with E-state index >= 15 is 0 Å². The molecule has 0 fully saturated rings. The Morgan fingerprint density at radius 1 is 1.26 bits per heavy atom. The lowest BCUT2D eigenvalue weighted by atomic mass is 10.0. The molecule has 140 valence electrons. The summed E-state index contributed by atoms with van der Waals surface area (Å²) in [5.41, 5.74) is -0.229. The van der Waals surface area contributed by atoms with Gasteiger partial charge in [-0.05, 0) is 23.8 Å². The molecule has 11 heteroatoms. The Kier molecular flexibility index (Phi) is 5.42. The topological polar surface area (TPSA) is 152 Å². The summed E-state index contributed by atoms with van der Waals surface area (Å²) in [7, 11) is 0. The van der Waals surface area contributed by atoms with E-state index < -0.39 is 16.9 Å². The maximum Gasteiger partial charge on any atom is 0.276 e. The number of halogens is 2. The maximum absolute atomic E-state index is 12.4. The lowest BCUT2D eigenvalue weighted by molar-refractivity contribution is -0.991. The van der Waals surface area contributed by atoms with E-state index in [2.05, 4.69) is 15.1 Å². The number of fused-ring (bicyclic) bond motifs is 1. The van der Waals surface area contributed by atoms with Gasteiger partial charge in [0, 0.05) is 12.1 Å². The normalized spacial score (nSPS) is 14.3. The summed E-state index contributed by atoms with van der Waals surface area (Å²) in [6.07, 6.45) is -1.38. The largest absolute Gasteiger partial charge is 0.595 e. The summed E-state index contributed by atoms with van der Waals surface area (Å²) in [6, 6.07) is 8.48. The van der Waals surface area contributed by atoms with Crippen LogP contribution in [0.4, 0.5) is 5.69 Å². The number of aliphatic hydroxyl groups is 1. The number of H-pyrrole nitrogens is 1. The first-order valence-electron chi connectivity index (χ1n) is 7.50. The average molecular weight is 410 g/mol. The Morgan fingerprint density at radius 2 is 2.00 bits per heavy atom. The van der Waals surface area contributed by atoms with E-state index in [-0.39, 0.29) is 27.6 Å². The molecule has 0 aliphatic carbocycles. The van der Waals surface area contributed by atoms with Crippen molar-refractivity contribution in [3.05, 3.63) is 73.3 Å². The average Bonchev–Trinajstić information content (AvgIpc) is 2.64. The number of aliphatic hydroxyl groups excluding tert-OH is 1. The fourth-order valence-electron chi connectivity index (χ4n) is 2.49. The second kappa shape index (κ2) is 7.61. The van der Waals surface area contributed by atoms with Crippen LogP contribution in [0.15, 0.2) is 46.3 Å². The van der Waals surface area contributed by atoms with Crippen LogP contribution in [0.5, 0.6) is 0 Å². The monoisotopic (exact) mass is 409 g/mol. The summed E-state index contributed by atoms with van der Waals surface area (Å²) in [6.45, 7) is 0. The van der Waals surface area contributed by atoms with E-state index in [4.69, 9.17) is 34.3 Å². The number of hydrazone groups is 1. The van der Waals surface area contributed by atoms with Crippen molar-refractivity contribution in [1.29, 1.82) is 0 Å². The van der Waals surface area contributed by atoms with Crippen LogP contribution >= 0.6 is 23.2 Å². The van der Waals surface area contributed by atoms with Gasteiger partial charge in [0.1, 0.15) is 11.8 Å². The zero-order valence-corrected chi connectivity index (χ0v) is 15.0. The SMILES string of the molecule is N/N=C(/c1nc2ccc([NH+]([O-])O)cc2[nH]c1=O)C(O)c1ccc(Cl)c(Cl)c1. The number of aromatic nitrogens is 2. The van der Waals surface area contributed by atoms with Gasteiger partial charge in [-0.3, -0.25) is 4.79 Å². The third-order valence-corrected chi connectivity index (χ3v) is 4.58. The number of hydrogen-bond donors (Lipinski definition) is 5. The van der Waals surface area contributed by atoms with Crippen molar-refractivity contribution in [2.75, 3.05) is 0 Å². The molecule has 0 aliphatic heterocycles. The Labute approximate surface area is 161 Å². The second-order valence-corrected chi connectivity index (χ2v) is 6.36. The van der Waals surface area contributed by atoms with Crippen LogP contribution in [-0.4, -0.2) is 26.0 Å². The van der Waals surface area contributed by atoms with Crippen molar-refractivity contribution in [2.45, 2.75) is 6.10 Å². The zero-order valence-electron chi connectivity index (χ0n) is 13.5. The summed E-state index contributed by atoms with van der Waals surface area (Å²) in [5.74, 6) is 5.39. The summed E-state index contributed by atoms with van der Waals surface area (Å²) >= 11 is 11.8. The first kappa shape index (κ1) is 19.2. The highest BCUT2D eigenvalue weighted by Crippen LogP contribution is 2.27. The number of hydrogen-bond acceptors (Lipinski definition) is 7. The van der Waals surface area contributed by atoms with Gasteiger partial charge in [0.05, 0.1) is 21.1 Å². The number of nitrogens with two attached hydrogens (primary N) is 1. The Bertz CT molecular complexity index is 1100. The summed E-state index contributed by atoms with van der Waals surface area (Å²) in [4.78, 5) is 19.1. The lowest BCUT2D eigenvalue weighted by Crippen LogP contribution is -2.99. The van der Waals surface area contributed by atoms with Crippen molar-refractivity contribution >= 4 is 45.6 Å². The maximum atomic E-state index is 12.4. The quantitative estimate of drug-likeness (QED) is 0.246. The highest BCUT2D eigenvalue weighted by molar-refractivity contribution is 6.42. The summed E-state index contributed by atoms with van der Waals surface area (Å²) in [5, 5.41) is 33.6. The molecule has 0 radical (unpaired) electrons. The van der Waals surface area contributed by atoms with Crippen LogP contribution in [0, 0.1) is 5.21 Å². The van der Waals surface area contributed by atoms with Gasteiger partial charge in [-0.2, -0.15) is 10.3 Å². The third kappa shape index (κ3) is 3.78. The van der Waals surface area contributed by atoms with Crippen LogP contribution in [-0.2, 0) is 0 Å². The Morgan fingerprint density at radius 3 is 2.63 bits per heavy atom. The van der Waals surface area contributed by atoms with Gasteiger partial charge in [-0.15, -0.1) is 0 Å². The van der Waals surface area contributed by atoms with Crippen LogP contribution in [0.25, 0.3) is 11.0 Å². The molecule has 3 aromatic rings. The Balaban J connectivity index is 2.08. The minimum atomic E-state index is -1.38. The van der Waals surface area contributed by atoms with Crippen molar-refractivity contribution in [3.63, 3.8) is 0 Å². The highest BCUT2D eigenvalue weighted by atomic mass is 35.5. The zero-order chi connectivity index (χ0) is 19.7. The van der Waals surface area contributed by atoms with Crippen LogP contribution < -0.4 is 16.6 Å². The van der Waals surface area contributed by atoms with Crippen molar-refractivity contribution in [3.8, 4) is 0 Å². The first-order chi connectivity index (χ1) is 12.8. The fourth-order valence-corrected chi connectivity index (χ4v) is 2.80. The van der Waals surface area contributed by atoms with Gasteiger partial charge in [0.25, 0.3) is 5.56 Å². The van der Waals surface area contributed by atoms with Crippen LogP contribution in [0.2, 0.25) is 10.0 Å². The number of rotatable bonds is 4.